The van der Waals surface area contributed by atoms with Crippen LogP contribution in [-0.4, -0.2) is 34.2 Å². The molecule has 0 spiro atoms. The quantitative estimate of drug-likeness (QED) is 0.690. The minimum Gasteiger partial charge on any atom is -0.359 e. The third-order valence-corrected chi connectivity index (χ3v) is 3.79. The molecule has 1 saturated heterocycles. The third-order valence-electron chi connectivity index (χ3n) is 3.79. The van der Waals surface area contributed by atoms with Gasteiger partial charge in [-0.2, -0.15) is 0 Å². The number of carbonyl (C=O) groups is 1. The Morgan fingerprint density at radius 2 is 2.26 bits per heavy atom. The lowest BCUT2D eigenvalue weighted by molar-refractivity contribution is 0.0337. The van der Waals surface area contributed by atoms with Crippen molar-refractivity contribution in [1.29, 1.82) is 0 Å². The van der Waals surface area contributed by atoms with Crippen LogP contribution in [-0.2, 0) is 0 Å². The Balaban J connectivity index is 2.16. The van der Waals surface area contributed by atoms with Crippen molar-refractivity contribution in [1.82, 2.24) is 4.90 Å². The molecule has 3 rings (SSSR count). The smallest absolute Gasteiger partial charge is 0.256 e. The molecule has 2 atom stereocenters. The van der Waals surface area contributed by atoms with Gasteiger partial charge in [0.25, 0.3) is 5.91 Å². The summed E-state index contributed by atoms with van der Waals surface area (Å²) < 4.78 is 0. The van der Waals surface area contributed by atoms with Gasteiger partial charge in [0.05, 0.1) is 11.6 Å². The maximum Gasteiger partial charge on any atom is 0.256 e. The van der Waals surface area contributed by atoms with Gasteiger partial charge >= 0.3 is 0 Å². The summed E-state index contributed by atoms with van der Waals surface area (Å²) in [5.41, 5.74) is -0.122. The number of nitrogens with one attached hydrogen (secondary N) is 1. The molecule has 2 aliphatic rings. The summed E-state index contributed by atoms with van der Waals surface area (Å²) in [6.07, 6.45) is 1.66. The van der Waals surface area contributed by atoms with Gasteiger partial charge in [-0.25, -0.2) is 0 Å². The first-order valence-electron chi connectivity index (χ1n) is 6.50. The van der Waals surface area contributed by atoms with E-state index in [4.69, 9.17) is 0 Å². The highest BCUT2D eigenvalue weighted by molar-refractivity contribution is 6.01. The number of hydrogen-bond acceptors (Lipinski definition) is 3. The summed E-state index contributed by atoms with van der Waals surface area (Å²) in [6.45, 7) is 2.37. The van der Waals surface area contributed by atoms with Crippen LogP contribution in [0.5, 0.6) is 0 Å². The van der Waals surface area contributed by atoms with E-state index in [2.05, 4.69) is 17.2 Å². The number of carbonyl (C=O) groups excluding carboxylic acids is 1. The molecule has 4 heteroatoms. The third kappa shape index (κ3) is 1.78. The lowest BCUT2D eigenvalue weighted by Gasteiger charge is -2.33. The van der Waals surface area contributed by atoms with Gasteiger partial charge in [0.1, 0.15) is 0 Å². The second-order valence-electron chi connectivity index (χ2n) is 4.97. The molecule has 0 radical (unpaired) electrons. The van der Waals surface area contributed by atoms with Gasteiger partial charge in [-0.3, -0.25) is 4.79 Å². The number of fused-ring (bicyclic) bond motifs is 2. The molecular formula is C15H16N2O2. The van der Waals surface area contributed by atoms with E-state index in [1.807, 2.05) is 12.1 Å². The minimum atomic E-state index is -1.37. The van der Waals surface area contributed by atoms with Gasteiger partial charge in [0.15, 0.2) is 0 Å². The van der Waals surface area contributed by atoms with Crippen LogP contribution in [0.15, 0.2) is 24.3 Å². The summed E-state index contributed by atoms with van der Waals surface area (Å²) in [4.78, 5) is 14.3. The van der Waals surface area contributed by atoms with Gasteiger partial charge < -0.3 is 15.3 Å². The normalized spacial score (nSPS) is 28.6. The van der Waals surface area contributed by atoms with Crippen LogP contribution >= 0.6 is 0 Å². The number of nitrogens with zero attached hydrogens (tertiary/aromatic N) is 1. The molecule has 1 fully saturated rings. The van der Waals surface area contributed by atoms with E-state index in [1.165, 1.54) is 0 Å². The Kier molecular flexibility index (Phi) is 2.72. The van der Waals surface area contributed by atoms with E-state index < -0.39 is 5.72 Å². The Labute approximate surface area is 112 Å². The zero-order chi connectivity index (χ0) is 13.5. The van der Waals surface area contributed by atoms with Crippen molar-refractivity contribution in [3.8, 4) is 11.8 Å². The lowest BCUT2D eigenvalue weighted by Crippen LogP contribution is -2.53. The SMILES string of the molecule is CC#CC1(O)Nc2ccccc2C(=O)N2CCC[C@H]21. The lowest BCUT2D eigenvalue weighted by atomic mass is 10.0. The van der Waals surface area contributed by atoms with Crippen molar-refractivity contribution in [2.75, 3.05) is 11.9 Å². The van der Waals surface area contributed by atoms with Crippen LogP contribution in [0.1, 0.15) is 30.1 Å². The first-order valence-corrected chi connectivity index (χ1v) is 6.50. The molecule has 1 aromatic rings. The number of hydrogen-bond donors (Lipinski definition) is 2. The highest BCUT2D eigenvalue weighted by Gasteiger charge is 2.47. The molecule has 1 amide bonds. The van der Waals surface area contributed by atoms with E-state index in [0.29, 0.717) is 17.8 Å². The number of anilines is 1. The Morgan fingerprint density at radius 3 is 3.05 bits per heavy atom. The minimum absolute atomic E-state index is 0.0283. The number of amides is 1. The predicted octanol–water partition coefficient (Wildman–Crippen LogP) is 1.43. The van der Waals surface area contributed by atoms with Crippen LogP contribution in [0, 0.1) is 11.8 Å². The first-order chi connectivity index (χ1) is 9.15. The largest absolute Gasteiger partial charge is 0.359 e. The maximum atomic E-state index is 12.5. The fraction of sp³-hybridized carbons (Fsp3) is 0.400. The van der Waals surface area contributed by atoms with Crippen molar-refractivity contribution < 1.29 is 9.90 Å². The molecule has 0 aromatic heterocycles. The highest BCUT2D eigenvalue weighted by Crippen LogP contribution is 2.34. The van der Waals surface area contributed by atoms with Crippen molar-refractivity contribution in [3.05, 3.63) is 29.8 Å². The fourth-order valence-corrected chi connectivity index (χ4v) is 2.97. The van der Waals surface area contributed by atoms with Crippen LogP contribution < -0.4 is 5.32 Å². The van der Waals surface area contributed by atoms with Crippen molar-refractivity contribution in [2.24, 2.45) is 0 Å². The Hall–Kier alpha value is -1.99. The molecule has 1 aromatic carbocycles. The monoisotopic (exact) mass is 256 g/mol. The van der Waals surface area contributed by atoms with E-state index in [9.17, 15) is 9.90 Å². The highest BCUT2D eigenvalue weighted by atomic mass is 16.3. The van der Waals surface area contributed by atoms with Crippen LogP contribution in [0.2, 0.25) is 0 Å². The molecule has 0 aliphatic carbocycles. The first kappa shape index (κ1) is 12.1. The second kappa shape index (κ2) is 4.29. The average Bonchev–Trinajstić information content (AvgIpc) is 2.86. The van der Waals surface area contributed by atoms with Crippen molar-refractivity contribution in [2.45, 2.75) is 31.5 Å². The molecule has 2 N–H and O–H groups in total. The van der Waals surface area contributed by atoms with Crippen LogP contribution in [0.25, 0.3) is 0 Å². The van der Waals surface area contributed by atoms with Gasteiger partial charge in [0, 0.05) is 12.2 Å². The summed E-state index contributed by atoms with van der Waals surface area (Å²) in [7, 11) is 0. The van der Waals surface area contributed by atoms with Gasteiger partial charge in [0.2, 0.25) is 5.72 Å². The topological polar surface area (TPSA) is 52.6 Å². The molecule has 19 heavy (non-hydrogen) atoms. The molecule has 4 nitrogen and oxygen atoms in total. The van der Waals surface area contributed by atoms with E-state index in [0.717, 1.165) is 12.8 Å². The number of para-hydroxylation sites is 1. The Morgan fingerprint density at radius 1 is 1.47 bits per heavy atom. The fourth-order valence-electron chi connectivity index (χ4n) is 2.97. The molecule has 0 saturated carbocycles. The van der Waals surface area contributed by atoms with E-state index in [1.54, 1.807) is 24.0 Å². The number of rotatable bonds is 0. The molecule has 0 bridgehead atoms. The zero-order valence-electron chi connectivity index (χ0n) is 10.8. The standard InChI is InChI=1S/C15H16N2O2/c1-2-9-15(19)13-8-5-10-17(13)14(18)11-6-3-4-7-12(11)16-15/h3-4,6-7,13,16,19H,5,8,10H2,1H3/t13-,15?/m0/s1. The van der Waals surface area contributed by atoms with Crippen molar-refractivity contribution >= 4 is 11.6 Å². The van der Waals surface area contributed by atoms with E-state index in [-0.39, 0.29) is 11.9 Å². The summed E-state index contributed by atoms with van der Waals surface area (Å²) in [5, 5.41) is 13.9. The molecular weight excluding hydrogens is 240 g/mol. The zero-order valence-corrected chi connectivity index (χ0v) is 10.8. The van der Waals surface area contributed by atoms with Crippen LogP contribution in [0.3, 0.4) is 0 Å². The molecule has 98 valence electrons. The average molecular weight is 256 g/mol. The van der Waals surface area contributed by atoms with Crippen molar-refractivity contribution in [3.63, 3.8) is 0 Å². The summed E-state index contributed by atoms with van der Waals surface area (Å²) in [5.74, 6) is 5.57. The van der Waals surface area contributed by atoms with Crippen LogP contribution in [0.4, 0.5) is 5.69 Å². The van der Waals surface area contributed by atoms with Gasteiger partial charge in [-0.05, 0) is 37.8 Å². The summed E-state index contributed by atoms with van der Waals surface area (Å²) in [6, 6.07) is 6.97. The molecule has 2 aliphatic heterocycles. The van der Waals surface area contributed by atoms with Gasteiger partial charge in [-0.15, -0.1) is 5.92 Å². The summed E-state index contributed by atoms with van der Waals surface area (Å²) >= 11 is 0. The van der Waals surface area contributed by atoms with E-state index >= 15 is 0 Å². The maximum absolute atomic E-state index is 12.5. The predicted molar refractivity (Wildman–Crippen MR) is 72.5 cm³/mol. The van der Waals surface area contributed by atoms with Gasteiger partial charge in [-0.1, -0.05) is 12.1 Å². The second-order valence-corrected chi connectivity index (χ2v) is 4.97. The molecule has 1 unspecified atom stereocenters. The Bertz CT molecular complexity index is 587. The number of aliphatic hydroxyl groups is 1. The molecule has 2 heterocycles. The number of benzene rings is 1.